The average Bonchev–Trinajstić information content (AvgIpc) is 2.99. The van der Waals surface area contributed by atoms with Gasteiger partial charge in [0.05, 0.1) is 5.92 Å². The summed E-state index contributed by atoms with van der Waals surface area (Å²) < 4.78 is 0. The topological polar surface area (TPSA) is 74.6 Å². The van der Waals surface area contributed by atoms with E-state index in [1.54, 1.807) is 13.8 Å². The van der Waals surface area contributed by atoms with Crippen LogP contribution in [0, 0.1) is 29.6 Å². The molecule has 0 aliphatic heterocycles. The molecule has 1 aliphatic carbocycles. The number of carbonyl (C=O) groups excluding carboxylic acids is 1. The highest BCUT2D eigenvalue weighted by molar-refractivity contribution is 5.83. The summed E-state index contributed by atoms with van der Waals surface area (Å²) in [6.07, 6.45) is 13.3. The summed E-state index contributed by atoms with van der Waals surface area (Å²) in [5.74, 6) is 5.46. The second kappa shape index (κ2) is 12.8. The minimum absolute atomic E-state index is 0.0779. The molecule has 4 nitrogen and oxygen atoms in total. The van der Waals surface area contributed by atoms with E-state index >= 15 is 0 Å². The second-order valence-electron chi connectivity index (χ2n) is 8.30. The van der Waals surface area contributed by atoms with E-state index in [0.29, 0.717) is 31.5 Å². The van der Waals surface area contributed by atoms with Crippen LogP contribution in [0.25, 0.3) is 0 Å². The van der Waals surface area contributed by atoms with Crippen molar-refractivity contribution in [2.75, 3.05) is 0 Å². The van der Waals surface area contributed by atoms with E-state index in [2.05, 4.69) is 24.8 Å². The van der Waals surface area contributed by atoms with Gasteiger partial charge in [-0.25, -0.2) is 0 Å². The number of carboxylic acid groups (broad SMARTS) is 1. The average molecular weight is 391 g/mol. The molecule has 0 aromatic heterocycles. The Kier molecular flexibility index (Phi) is 11.2. The van der Waals surface area contributed by atoms with Gasteiger partial charge < -0.3 is 10.2 Å². The van der Waals surface area contributed by atoms with E-state index in [1.165, 1.54) is 0 Å². The molecule has 2 N–H and O–H groups in total. The monoisotopic (exact) mass is 390 g/mol. The zero-order valence-electron chi connectivity index (χ0n) is 17.9. The summed E-state index contributed by atoms with van der Waals surface area (Å²) in [6, 6.07) is 0. The molecule has 0 radical (unpaired) electrons. The van der Waals surface area contributed by atoms with E-state index in [1.807, 2.05) is 6.08 Å². The van der Waals surface area contributed by atoms with Gasteiger partial charge >= 0.3 is 5.97 Å². The summed E-state index contributed by atoms with van der Waals surface area (Å²) in [4.78, 5) is 23.1. The van der Waals surface area contributed by atoms with Crippen LogP contribution in [0.15, 0.2) is 12.2 Å². The predicted octanol–water partition coefficient (Wildman–Crippen LogP) is 5.14. The third kappa shape index (κ3) is 8.61. The number of unbranched alkanes of at least 4 members (excludes halogenated alkanes) is 3. The third-order valence-electron chi connectivity index (χ3n) is 5.87. The molecule has 1 rings (SSSR count). The highest BCUT2D eigenvalue weighted by Crippen LogP contribution is 2.34. The van der Waals surface area contributed by atoms with Crippen LogP contribution in [0.2, 0.25) is 0 Å². The fourth-order valence-electron chi connectivity index (χ4n) is 4.01. The number of ketones is 1. The highest BCUT2D eigenvalue weighted by Gasteiger charge is 2.32. The first-order valence-electron chi connectivity index (χ1n) is 10.9. The van der Waals surface area contributed by atoms with Gasteiger partial charge in [-0.05, 0) is 44.9 Å². The quantitative estimate of drug-likeness (QED) is 0.259. The lowest BCUT2D eigenvalue weighted by atomic mass is 9.88. The molecule has 0 aromatic carbocycles. The van der Waals surface area contributed by atoms with Crippen molar-refractivity contribution >= 4 is 11.8 Å². The van der Waals surface area contributed by atoms with Crippen molar-refractivity contribution in [3.05, 3.63) is 12.2 Å². The predicted molar refractivity (Wildman–Crippen MR) is 113 cm³/mol. The minimum atomic E-state index is -0.958. The Morgan fingerprint density at radius 2 is 2.07 bits per heavy atom. The number of allylic oxidation sites excluding steroid dienone is 1. The summed E-state index contributed by atoms with van der Waals surface area (Å²) >= 11 is 0. The maximum atomic E-state index is 12.3. The summed E-state index contributed by atoms with van der Waals surface area (Å²) in [6.45, 7) is 5.60. The van der Waals surface area contributed by atoms with Crippen molar-refractivity contribution < 1.29 is 19.8 Å². The molecular weight excluding hydrogens is 352 g/mol. The Labute approximate surface area is 170 Å². The van der Waals surface area contributed by atoms with E-state index in [4.69, 9.17) is 5.11 Å². The Balaban J connectivity index is 2.48. The summed E-state index contributed by atoms with van der Waals surface area (Å²) in [7, 11) is 0. The summed E-state index contributed by atoms with van der Waals surface area (Å²) in [5.41, 5.74) is -0.958. The van der Waals surface area contributed by atoms with Gasteiger partial charge in [0.2, 0.25) is 0 Å². The molecule has 0 aromatic rings. The smallest absolute Gasteiger partial charge is 0.306 e. The van der Waals surface area contributed by atoms with E-state index in [9.17, 15) is 14.7 Å². The van der Waals surface area contributed by atoms with Gasteiger partial charge in [-0.15, -0.1) is 5.92 Å². The molecule has 0 spiro atoms. The maximum Gasteiger partial charge on any atom is 0.306 e. The van der Waals surface area contributed by atoms with Crippen molar-refractivity contribution in [3.63, 3.8) is 0 Å². The van der Waals surface area contributed by atoms with Crippen LogP contribution < -0.4 is 0 Å². The van der Waals surface area contributed by atoms with Gasteiger partial charge in [-0.1, -0.05) is 57.6 Å². The van der Waals surface area contributed by atoms with E-state index in [-0.39, 0.29) is 17.8 Å². The minimum Gasteiger partial charge on any atom is -0.481 e. The normalized spacial score (nSPS) is 22.6. The molecule has 0 amide bonds. The first kappa shape index (κ1) is 24.4. The second-order valence-corrected chi connectivity index (χ2v) is 8.30. The van der Waals surface area contributed by atoms with Crippen LogP contribution >= 0.6 is 0 Å². The van der Waals surface area contributed by atoms with E-state index in [0.717, 1.165) is 44.9 Å². The highest BCUT2D eigenvalue weighted by atomic mass is 16.4. The molecule has 1 saturated carbocycles. The molecule has 1 aliphatic rings. The standard InChI is InChI=1S/C24H38O4/c1-4-6-17-24(28,16-5-2)18-10-12-20-14-15-22(25)21(20)13-9-7-8-11-19(3)23(26)27/h10,12,19-21,28H,4,6-9,11,13-15,17-18H2,1-3H3,(H,26,27)/t19?,20-,21+,24?/m0/s1. The molecule has 158 valence electrons. The molecule has 0 heterocycles. The lowest BCUT2D eigenvalue weighted by Gasteiger charge is -2.21. The number of hydrogen-bond acceptors (Lipinski definition) is 3. The first-order valence-corrected chi connectivity index (χ1v) is 10.9. The van der Waals surface area contributed by atoms with Crippen LogP contribution in [0.5, 0.6) is 0 Å². The van der Waals surface area contributed by atoms with Crippen molar-refractivity contribution in [2.24, 2.45) is 17.8 Å². The molecular formula is C24H38O4. The number of aliphatic carboxylic acids is 1. The zero-order chi connectivity index (χ0) is 21.0. The van der Waals surface area contributed by atoms with Crippen molar-refractivity contribution in [3.8, 4) is 11.8 Å². The number of Topliss-reactive ketones (excluding diaryl/α,β-unsaturated/α-hetero) is 1. The summed E-state index contributed by atoms with van der Waals surface area (Å²) in [5, 5.41) is 19.6. The lowest BCUT2D eigenvalue weighted by Crippen LogP contribution is -2.25. The first-order chi connectivity index (χ1) is 13.3. The number of carbonyl (C=O) groups is 2. The van der Waals surface area contributed by atoms with Gasteiger partial charge in [-0.2, -0.15) is 0 Å². The zero-order valence-corrected chi connectivity index (χ0v) is 17.9. The fraction of sp³-hybridized carbons (Fsp3) is 0.750. The molecule has 1 fully saturated rings. The molecule has 4 heteroatoms. The Hall–Kier alpha value is -1.60. The van der Waals surface area contributed by atoms with Crippen molar-refractivity contribution in [2.45, 2.75) is 97.0 Å². The Morgan fingerprint density at radius 3 is 2.71 bits per heavy atom. The molecule has 4 atom stereocenters. The van der Waals surface area contributed by atoms with Gasteiger partial charge in [0, 0.05) is 18.8 Å². The van der Waals surface area contributed by atoms with Crippen LogP contribution in [-0.4, -0.2) is 27.6 Å². The van der Waals surface area contributed by atoms with Gasteiger partial charge in [0.25, 0.3) is 0 Å². The van der Waals surface area contributed by atoms with Crippen LogP contribution in [0.1, 0.15) is 91.4 Å². The van der Waals surface area contributed by atoms with Crippen LogP contribution in [-0.2, 0) is 9.59 Å². The van der Waals surface area contributed by atoms with E-state index < -0.39 is 11.6 Å². The van der Waals surface area contributed by atoms with Gasteiger partial charge in [-0.3, -0.25) is 9.59 Å². The largest absolute Gasteiger partial charge is 0.481 e. The third-order valence-corrected chi connectivity index (χ3v) is 5.87. The number of rotatable bonds is 13. The molecule has 0 bridgehead atoms. The Bertz CT molecular complexity index is 583. The number of aliphatic hydroxyl groups is 1. The SMILES string of the molecule is CC#CC(O)(CC=C[C@H]1CCC(=O)[C@@H]1CCCCCC(C)C(=O)O)CCCC. The van der Waals surface area contributed by atoms with Crippen LogP contribution in [0.4, 0.5) is 0 Å². The molecule has 28 heavy (non-hydrogen) atoms. The van der Waals surface area contributed by atoms with Gasteiger partial charge in [0.1, 0.15) is 11.4 Å². The Morgan fingerprint density at radius 1 is 1.32 bits per heavy atom. The number of hydrogen-bond donors (Lipinski definition) is 2. The van der Waals surface area contributed by atoms with Gasteiger partial charge in [0.15, 0.2) is 0 Å². The van der Waals surface area contributed by atoms with Crippen LogP contribution in [0.3, 0.4) is 0 Å². The van der Waals surface area contributed by atoms with Crippen molar-refractivity contribution in [1.29, 1.82) is 0 Å². The fourth-order valence-corrected chi connectivity index (χ4v) is 4.01. The van der Waals surface area contributed by atoms with Crippen molar-refractivity contribution in [1.82, 2.24) is 0 Å². The number of carboxylic acids is 1. The molecule has 2 unspecified atom stereocenters. The maximum absolute atomic E-state index is 12.3. The lowest BCUT2D eigenvalue weighted by molar-refractivity contribution is -0.141. The molecule has 0 saturated heterocycles.